The molecule has 0 aromatic rings. The van der Waals surface area contributed by atoms with E-state index in [2.05, 4.69) is 39.9 Å². The lowest BCUT2D eigenvalue weighted by Crippen LogP contribution is -2.44. The van der Waals surface area contributed by atoms with Crippen LogP contribution in [0, 0.1) is 17.8 Å². The van der Waals surface area contributed by atoms with Crippen molar-refractivity contribution in [2.75, 3.05) is 13.7 Å². The Labute approximate surface area is 114 Å². The zero-order valence-corrected chi connectivity index (χ0v) is 13.3. The molecule has 1 saturated carbocycles. The van der Waals surface area contributed by atoms with E-state index >= 15 is 0 Å². The number of rotatable bonds is 6. The van der Waals surface area contributed by atoms with E-state index in [1.807, 2.05) is 0 Å². The first-order valence-electron chi connectivity index (χ1n) is 7.64. The molecule has 0 amide bonds. The lowest BCUT2D eigenvalue weighted by atomic mass is 9.74. The van der Waals surface area contributed by atoms with Gasteiger partial charge in [0, 0.05) is 13.2 Å². The highest BCUT2D eigenvalue weighted by molar-refractivity contribution is 4.86. The Morgan fingerprint density at radius 2 is 1.94 bits per heavy atom. The van der Waals surface area contributed by atoms with Crippen molar-refractivity contribution in [3.05, 3.63) is 0 Å². The predicted octanol–water partition coefficient (Wildman–Crippen LogP) is 3.85. The van der Waals surface area contributed by atoms with Crippen molar-refractivity contribution >= 4 is 0 Å². The zero-order chi connectivity index (χ0) is 13.8. The first kappa shape index (κ1) is 16.0. The fourth-order valence-corrected chi connectivity index (χ4v) is 3.10. The van der Waals surface area contributed by atoms with Crippen molar-refractivity contribution in [3.63, 3.8) is 0 Å². The van der Waals surface area contributed by atoms with E-state index in [-0.39, 0.29) is 5.60 Å². The van der Waals surface area contributed by atoms with Crippen LogP contribution in [0.5, 0.6) is 0 Å². The van der Waals surface area contributed by atoms with Gasteiger partial charge in [-0.25, -0.2) is 0 Å². The van der Waals surface area contributed by atoms with Gasteiger partial charge in [0.1, 0.15) is 0 Å². The van der Waals surface area contributed by atoms with Gasteiger partial charge < -0.3 is 10.1 Å². The summed E-state index contributed by atoms with van der Waals surface area (Å²) in [5.74, 6) is 2.53. The zero-order valence-electron chi connectivity index (χ0n) is 13.3. The molecule has 0 heterocycles. The van der Waals surface area contributed by atoms with Gasteiger partial charge >= 0.3 is 0 Å². The topological polar surface area (TPSA) is 21.3 Å². The largest absolute Gasteiger partial charge is 0.379 e. The minimum Gasteiger partial charge on any atom is -0.379 e. The Hall–Kier alpha value is -0.0800. The van der Waals surface area contributed by atoms with E-state index in [1.54, 1.807) is 7.11 Å². The molecule has 0 bridgehead atoms. The second kappa shape index (κ2) is 6.91. The third kappa shape index (κ3) is 4.89. The average molecular weight is 255 g/mol. The molecular formula is C16H33NO. The van der Waals surface area contributed by atoms with Crippen molar-refractivity contribution in [2.24, 2.45) is 17.8 Å². The maximum absolute atomic E-state index is 5.48. The Morgan fingerprint density at radius 1 is 1.28 bits per heavy atom. The van der Waals surface area contributed by atoms with Crippen LogP contribution in [0.15, 0.2) is 0 Å². The fraction of sp³-hybridized carbons (Fsp3) is 1.00. The number of hydrogen-bond acceptors (Lipinski definition) is 2. The van der Waals surface area contributed by atoms with Crippen LogP contribution in [-0.2, 0) is 4.74 Å². The molecule has 1 rings (SSSR count). The summed E-state index contributed by atoms with van der Waals surface area (Å²) in [6.45, 7) is 12.5. The molecule has 0 aliphatic heterocycles. The highest BCUT2D eigenvalue weighted by Gasteiger charge is 2.30. The second-order valence-electron chi connectivity index (χ2n) is 7.10. The molecule has 3 unspecified atom stereocenters. The first-order valence-corrected chi connectivity index (χ1v) is 7.64. The summed E-state index contributed by atoms with van der Waals surface area (Å²) >= 11 is 0. The number of nitrogens with one attached hydrogen (secondary N) is 1. The molecular weight excluding hydrogens is 222 g/mol. The highest BCUT2D eigenvalue weighted by Crippen LogP contribution is 2.33. The summed E-state index contributed by atoms with van der Waals surface area (Å²) in [5.41, 5.74) is 0.000605. The van der Waals surface area contributed by atoms with Gasteiger partial charge in [-0.2, -0.15) is 0 Å². The number of hydrogen-bond donors (Lipinski definition) is 1. The van der Waals surface area contributed by atoms with E-state index in [4.69, 9.17) is 4.74 Å². The molecule has 0 saturated heterocycles. The minimum atomic E-state index is 0.000605. The smallest absolute Gasteiger partial charge is 0.0634 e. The Bertz CT molecular complexity index is 237. The summed E-state index contributed by atoms with van der Waals surface area (Å²) in [6, 6.07) is 0.710. The molecule has 0 spiro atoms. The SMILES string of the molecule is COC(C)(C)CCNC1CC(C)CCC1C(C)C. The van der Waals surface area contributed by atoms with Crippen molar-refractivity contribution in [1.82, 2.24) is 5.32 Å². The van der Waals surface area contributed by atoms with E-state index < -0.39 is 0 Å². The molecule has 1 fully saturated rings. The molecule has 1 aliphatic carbocycles. The summed E-state index contributed by atoms with van der Waals surface area (Å²) in [4.78, 5) is 0. The molecule has 2 nitrogen and oxygen atoms in total. The van der Waals surface area contributed by atoms with Crippen LogP contribution >= 0.6 is 0 Å². The molecule has 108 valence electrons. The van der Waals surface area contributed by atoms with Gasteiger partial charge in [-0.15, -0.1) is 0 Å². The second-order valence-corrected chi connectivity index (χ2v) is 7.10. The van der Waals surface area contributed by atoms with E-state index in [0.29, 0.717) is 6.04 Å². The van der Waals surface area contributed by atoms with Gasteiger partial charge in [0.15, 0.2) is 0 Å². The highest BCUT2D eigenvalue weighted by atomic mass is 16.5. The Kier molecular flexibility index (Phi) is 6.13. The molecule has 0 radical (unpaired) electrons. The lowest BCUT2D eigenvalue weighted by molar-refractivity contribution is 0.0139. The van der Waals surface area contributed by atoms with E-state index in [1.165, 1.54) is 19.3 Å². The molecule has 0 aromatic heterocycles. The molecule has 2 heteroatoms. The van der Waals surface area contributed by atoms with Crippen LogP contribution < -0.4 is 5.32 Å². The van der Waals surface area contributed by atoms with Crippen LogP contribution in [0.3, 0.4) is 0 Å². The van der Waals surface area contributed by atoms with Gasteiger partial charge in [0.2, 0.25) is 0 Å². The third-order valence-electron chi connectivity index (χ3n) is 4.71. The quantitative estimate of drug-likeness (QED) is 0.778. The summed E-state index contributed by atoms with van der Waals surface area (Å²) in [7, 11) is 1.81. The summed E-state index contributed by atoms with van der Waals surface area (Å²) in [5, 5.41) is 3.79. The fourth-order valence-electron chi connectivity index (χ4n) is 3.10. The predicted molar refractivity (Wildman–Crippen MR) is 78.8 cm³/mol. The van der Waals surface area contributed by atoms with E-state index in [0.717, 1.165) is 30.7 Å². The van der Waals surface area contributed by atoms with Crippen molar-refractivity contribution < 1.29 is 4.74 Å². The normalized spacial score (nSPS) is 29.8. The van der Waals surface area contributed by atoms with Gasteiger partial charge in [-0.3, -0.25) is 0 Å². The monoisotopic (exact) mass is 255 g/mol. The van der Waals surface area contributed by atoms with Crippen LogP contribution in [-0.4, -0.2) is 25.3 Å². The maximum Gasteiger partial charge on any atom is 0.0634 e. The molecule has 1 aliphatic rings. The minimum absolute atomic E-state index is 0.000605. The summed E-state index contributed by atoms with van der Waals surface area (Å²) in [6.07, 6.45) is 5.23. The van der Waals surface area contributed by atoms with Crippen molar-refractivity contribution in [2.45, 2.75) is 71.9 Å². The Morgan fingerprint density at radius 3 is 2.50 bits per heavy atom. The third-order valence-corrected chi connectivity index (χ3v) is 4.71. The van der Waals surface area contributed by atoms with Crippen LogP contribution in [0.25, 0.3) is 0 Å². The van der Waals surface area contributed by atoms with Crippen LogP contribution in [0.2, 0.25) is 0 Å². The van der Waals surface area contributed by atoms with Gasteiger partial charge in [-0.1, -0.05) is 27.2 Å². The van der Waals surface area contributed by atoms with Gasteiger partial charge in [0.05, 0.1) is 5.60 Å². The van der Waals surface area contributed by atoms with Gasteiger partial charge in [-0.05, 0) is 57.4 Å². The van der Waals surface area contributed by atoms with Crippen molar-refractivity contribution in [3.8, 4) is 0 Å². The molecule has 0 aromatic carbocycles. The first-order chi connectivity index (χ1) is 8.35. The van der Waals surface area contributed by atoms with E-state index in [9.17, 15) is 0 Å². The van der Waals surface area contributed by atoms with Crippen LogP contribution in [0.1, 0.15) is 60.3 Å². The van der Waals surface area contributed by atoms with Gasteiger partial charge in [0.25, 0.3) is 0 Å². The maximum atomic E-state index is 5.48. The number of ether oxygens (including phenoxy) is 1. The molecule has 1 N–H and O–H groups in total. The lowest BCUT2D eigenvalue weighted by Gasteiger charge is -2.38. The average Bonchev–Trinajstić information content (AvgIpc) is 2.28. The van der Waals surface area contributed by atoms with Crippen LogP contribution in [0.4, 0.5) is 0 Å². The molecule has 18 heavy (non-hydrogen) atoms. The summed E-state index contributed by atoms with van der Waals surface area (Å²) < 4.78 is 5.48. The van der Waals surface area contributed by atoms with Crippen molar-refractivity contribution in [1.29, 1.82) is 0 Å². The Balaban J connectivity index is 2.41. The standard InChI is InChI=1S/C16H33NO/c1-12(2)14-8-7-13(3)11-15(14)17-10-9-16(4,5)18-6/h12-15,17H,7-11H2,1-6H3. The molecule has 3 atom stereocenters. The number of methoxy groups -OCH3 is 1.